The third-order valence-corrected chi connectivity index (χ3v) is 2.98. The number of benzene rings is 1. The molecule has 1 aromatic carbocycles. The number of rotatable bonds is 5. The smallest absolute Gasteiger partial charge is 0.141 e. The molecule has 3 N–H and O–H groups in total. The second kappa shape index (κ2) is 6.00. The molecular formula is C15H18N4. The van der Waals surface area contributed by atoms with Gasteiger partial charge >= 0.3 is 0 Å². The quantitative estimate of drug-likeness (QED) is 0.636. The molecule has 98 valence electrons. The van der Waals surface area contributed by atoms with Crippen molar-refractivity contribution in [3.63, 3.8) is 0 Å². The maximum Gasteiger partial charge on any atom is 0.141 e. The maximum absolute atomic E-state index is 7.45. The highest BCUT2D eigenvalue weighted by Gasteiger charge is 2.07. The Kier molecular flexibility index (Phi) is 4.13. The Bertz CT molecular complexity index is 551. The molecule has 19 heavy (non-hydrogen) atoms. The maximum atomic E-state index is 7.45. The van der Waals surface area contributed by atoms with Crippen LogP contribution in [0.15, 0.2) is 48.7 Å². The van der Waals surface area contributed by atoms with E-state index in [1.54, 1.807) is 6.20 Å². The second-order valence-corrected chi connectivity index (χ2v) is 4.31. The summed E-state index contributed by atoms with van der Waals surface area (Å²) in [6, 6.07) is 14.1. The Morgan fingerprint density at radius 3 is 2.63 bits per heavy atom. The highest BCUT2D eigenvalue weighted by Crippen LogP contribution is 2.17. The molecular weight excluding hydrogens is 236 g/mol. The molecule has 1 heterocycles. The van der Waals surface area contributed by atoms with Crippen molar-refractivity contribution in [2.75, 3.05) is 11.4 Å². The van der Waals surface area contributed by atoms with Crippen LogP contribution in [0.1, 0.15) is 18.2 Å². The van der Waals surface area contributed by atoms with Crippen LogP contribution in [0, 0.1) is 5.41 Å². The van der Waals surface area contributed by atoms with Crippen LogP contribution >= 0.6 is 0 Å². The van der Waals surface area contributed by atoms with E-state index in [4.69, 9.17) is 11.1 Å². The van der Waals surface area contributed by atoms with Crippen molar-refractivity contribution in [2.45, 2.75) is 13.5 Å². The molecule has 0 aliphatic heterocycles. The van der Waals surface area contributed by atoms with Crippen LogP contribution in [-0.2, 0) is 6.54 Å². The molecule has 2 aromatic rings. The monoisotopic (exact) mass is 254 g/mol. The van der Waals surface area contributed by atoms with Gasteiger partial charge < -0.3 is 10.6 Å². The van der Waals surface area contributed by atoms with Gasteiger partial charge in [0.05, 0.1) is 0 Å². The molecule has 0 amide bonds. The second-order valence-electron chi connectivity index (χ2n) is 4.31. The lowest BCUT2D eigenvalue weighted by atomic mass is 10.2. The van der Waals surface area contributed by atoms with E-state index < -0.39 is 0 Å². The van der Waals surface area contributed by atoms with Crippen molar-refractivity contribution >= 4 is 11.5 Å². The van der Waals surface area contributed by atoms with Gasteiger partial charge in [0, 0.05) is 25.0 Å². The molecule has 0 atom stereocenters. The summed E-state index contributed by atoms with van der Waals surface area (Å²) < 4.78 is 0. The zero-order chi connectivity index (χ0) is 13.7. The van der Waals surface area contributed by atoms with Crippen LogP contribution in [-0.4, -0.2) is 17.4 Å². The number of pyridine rings is 1. The van der Waals surface area contributed by atoms with E-state index in [0.717, 1.165) is 18.8 Å². The van der Waals surface area contributed by atoms with E-state index in [9.17, 15) is 0 Å². The summed E-state index contributed by atoms with van der Waals surface area (Å²) in [5, 5.41) is 7.45. The first-order valence-corrected chi connectivity index (χ1v) is 6.30. The Hall–Kier alpha value is -2.36. The van der Waals surface area contributed by atoms with Gasteiger partial charge in [0.2, 0.25) is 0 Å². The van der Waals surface area contributed by atoms with Crippen LogP contribution in [0.25, 0.3) is 0 Å². The first-order valence-electron chi connectivity index (χ1n) is 6.30. The van der Waals surface area contributed by atoms with Crippen LogP contribution in [0.4, 0.5) is 5.69 Å². The lowest BCUT2D eigenvalue weighted by Crippen LogP contribution is -2.23. The van der Waals surface area contributed by atoms with Crippen molar-refractivity contribution in [1.82, 2.24) is 4.98 Å². The van der Waals surface area contributed by atoms with Crippen LogP contribution < -0.4 is 10.6 Å². The first-order chi connectivity index (χ1) is 9.20. The number of aromatic nitrogens is 1. The van der Waals surface area contributed by atoms with E-state index in [-0.39, 0.29) is 5.84 Å². The molecule has 4 heteroatoms. The van der Waals surface area contributed by atoms with Gasteiger partial charge in [-0.1, -0.05) is 30.3 Å². The summed E-state index contributed by atoms with van der Waals surface area (Å²) in [6.45, 7) is 3.83. The van der Waals surface area contributed by atoms with Gasteiger partial charge in [-0.15, -0.1) is 0 Å². The summed E-state index contributed by atoms with van der Waals surface area (Å²) in [5.74, 6) is -0.00221. The molecule has 0 saturated heterocycles. The molecule has 1 aromatic heterocycles. The minimum atomic E-state index is -0.00221. The highest BCUT2D eigenvalue weighted by molar-refractivity contribution is 5.93. The van der Waals surface area contributed by atoms with E-state index >= 15 is 0 Å². The van der Waals surface area contributed by atoms with E-state index in [1.807, 2.05) is 30.3 Å². The standard InChI is InChI=1S/C15H18N4/c1-2-19(11-12-6-4-3-5-7-12)13-8-9-18-14(10-13)15(16)17/h3-10H,2,11H2,1H3,(H3,16,17). The summed E-state index contributed by atoms with van der Waals surface area (Å²) in [6.07, 6.45) is 1.69. The normalized spacial score (nSPS) is 10.2. The molecule has 4 nitrogen and oxygen atoms in total. The Morgan fingerprint density at radius 1 is 1.26 bits per heavy atom. The highest BCUT2D eigenvalue weighted by atomic mass is 15.1. The minimum Gasteiger partial charge on any atom is -0.382 e. The van der Waals surface area contributed by atoms with E-state index in [2.05, 4.69) is 28.9 Å². The average molecular weight is 254 g/mol. The molecule has 0 fully saturated rings. The average Bonchev–Trinajstić information content (AvgIpc) is 2.46. The van der Waals surface area contributed by atoms with E-state index in [0.29, 0.717) is 5.69 Å². The van der Waals surface area contributed by atoms with Crippen molar-refractivity contribution in [2.24, 2.45) is 5.73 Å². The summed E-state index contributed by atoms with van der Waals surface area (Å²) in [4.78, 5) is 6.31. The van der Waals surface area contributed by atoms with Crippen molar-refractivity contribution < 1.29 is 0 Å². The Balaban J connectivity index is 2.22. The fourth-order valence-corrected chi connectivity index (χ4v) is 1.95. The topological polar surface area (TPSA) is 66.0 Å². The minimum absolute atomic E-state index is 0.00221. The Morgan fingerprint density at radius 2 is 2.00 bits per heavy atom. The zero-order valence-corrected chi connectivity index (χ0v) is 11.0. The lowest BCUT2D eigenvalue weighted by molar-refractivity contribution is 0.830. The molecule has 2 rings (SSSR count). The molecule has 0 bridgehead atoms. The molecule has 0 spiro atoms. The first kappa shape index (κ1) is 13.1. The number of amidine groups is 1. The molecule has 0 saturated carbocycles. The summed E-state index contributed by atoms with van der Waals surface area (Å²) in [5.41, 5.74) is 8.29. The van der Waals surface area contributed by atoms with Gasteiger partial charge in [0.25, 0.3) is 0 Å². The van der Waals surface area contributed by atoms with E-state index in [1.165, 1.54) is 5.56 Å². The van der Waals surface area contributed by atoms with Gasteiger partial charge in [-0.25, -0.2) is 0 Å². The SMILES string of the molecule is CCN(Cc1ccccc1)c1ccnc(C(=N)N)c1. The third kappa shape index (κ3) is 3.31. The molecule has 0 radical (unpaired) electrons. The predicted octanol–water partition coefficient (Wildman–Crippen LogP) is 2.39. The zero-order valence-electron chi connectivity index (χ0n) is 11.0. The van der Waals surface area contributed by atoms with Gasteiger partial charge in [0.15, 0.2) is 0 Å². The molecule has 0 aliphatic rings. The van der Waals surface area contributed by atoms with Gasteiger partial charge in [0.1, 0.15) is 11.5 Å². The summed E-state index contributed by atoms with van der Waals surface area (Å²) >= 11 is 0. The number of nitrogens with zero attached hydrogens (tertiary/aromatic N) is 2. The lowest BCUT2D eigenvalue weighted by Gasteiger charge is -2.23. The number of anilines is 1. The van der Waals surface area contributed by atoms with Gasteiger partial charge in [-0.05, 0) is 24.6 Å². The van der Waals surface area contributed by atoms with Crippen LogP contribution in [0.5, 0.6) is 0 Å². The number of nitrogens with two attached hydrogens (primary N) is 1. The van der Waals surface area contributed by atoms with Crippen molar-refractivity contribution in [3.8, 4) is 0 Å². The van der Waals surface area contributed by atoms with Crippen molar-refractivity contribution in [1.29, 1.82) is 5.41 Å². The molecule has 0 unspecified atom stereocenters. The number of hydrogen-bond acceptors (Lipinski definition) is 3. The number of hydrogen-bond donors (Lipinski definition) is 2. The largest absolute Gasteiger partial charge is 0.382 e. The van der Waals surface area contributed by atoms with Gasteiger partial charge in [-0.3, -0.25) is 10.4 Å². The number of nitrogens with one attached hydrogen (secondary N) is 1. The van der Waals surface area contributed by atoms with Crippen LogP contribution in [0.3, 0.4) is 0 Å². The fourth-order valence-electron chi connectivity index (χ4n) is 1.95. The van der Waals surface area contributed by atoms with Crippen molar-refractivity contribution in [3.05, 3.63) is 59.9 Å². The fraction of sp³-hybridized carbons (Fsp3) is 0.200. The van der Waals surface area contributed by atoms with Gasteiger partial charge in [-0.2, -0.15) is 0 Å². The van der Waals surface area contributed by atoms with Crippen LogP contribution in [0.2, 0.25) is 0 Å². The summed E-state index contributed by atoms with van der Waals surface area (Å²) in [7, 11) is 0. The third-order valence-electron chi connectivity index (χ3n) is 2.98. The Labute approximate surface area is 113 Å². The number of nitrogen functional groups attached to an aromatic ring is 1. The molecule has 0 aliphatic carbocycles. The predicted molar refractivity (Wildman–Crippen MR) is 78.4 cm³/mol.